The molecule has 2 unspecified atom stereocenters. The predicted molar refractivity (Wildman–Crippen MR) is 79.6 cm³/mol. The second-order valence-electron chi connectivity index (χ2n) is 5.95. The minimum atomic E-state index is -4.39. The first-order valence-electron chi connectivity index (χ1n) is 7.70. The maximum absolute atomic E-state index is 12.6. The van der Waals surface area contributed by atoms with Crippen molar-refractivity contribution in [2.24, 2.45) is 5.92 Å². The fourth-order valence-electron chi connectivity index (χ4n) is 2.79. The average molecular weight is 330 g/mol. The van der Waals surface area contributed by atoms with E-state index >= 15 is 0 Å². The average Bonchev–Trinajstić information content (AvgIpc) is 2.50. The fraction of sp³-hybridized carbons (Fsp3) is 0.562. The molecule has 1 saturated carbocycles. The Morgan fingerprint density at radius 1 is 1.26 bits per heavy atom. The van der Waals surface area contributed by atoms with Gasteiger partial charge in [0.15, 0.2) is 0 Å². The van der Waals surface area contributed by atoms with Gasteiger partial charge in [-0.2, -0.15) is 13.2 Å². The topological polar surface area (TPSA) is 61.4 Å². The van der Waals surface area contributed by atoms with Gasteiger partial charge in [-0.3, -0.25) is 0 Å². The van der Waals surface area contributed by atoms with Crippen LogP contribution in [-0.4, -0.2) is 23.8 Å². The molecule has 2 amide bonds. The van der Waals surface area contributed by atoms with Gasteiger partial charge in [0.05, 0.1) is 11.7 Å². The van der Waals surface area contributed by atoms with E-state index in [0.29, 0.717) is 18.5 Å². The molecule has 0 heterocycles. The number of amides is 2. The minimum Gasteiger partial charge on any atom is -0.393 e. The number of carbonyl (C=O) groups is 1. The number of halogens is 3. The van der Waals surface area contributed by atoms with Crippen LogP contribution < -0.4 is 10.6 Å². The van der Waals surface area contributed by atoms with Gasteiger partial charge in [0.25, 0.3) is 0 Å². The van der Waals surface area contributed by atoms with Crippen LogP contribution in [0.1, 0.15) is 36.8 Å². The Morgan fingerprint density at radius 2 is 2.04 bits per heavy atom. The lowest BCUT2D eigenvalue weighted by atomic mass is 9.87. The maximum Gasteiger partial charge on any atom is 0.416 e. The number of aliphatic hydroxyl groups excluding tert-OH is 1. The van der Waals surface area contributed by atoms with E-state index in [1.807, 2.05) is 0 Å². The molecule has 0 spiro atoms. The van der Waals surface area contributed by atoms with Gasteiger partial charge in [0.2, 0.25) is 0 Å². The number of alkyl halides is 3. The molecular formula is C16H21F3N2O2. The Hall–Kier alpha value is -1.76. The highest BCUT2D eigenvalue weighted by molar-refractivity contribution is 5.73. The van der Waals surface area contributed by atoms with Crippen molar-refractivity contribution >= 4 is 6.03 Å². The number of rotatable bonds is 4. The number of aliphatic hydroxyl groups is 1. The molecule has 1 aromatic carbocycles. The Labute approximate surface area is 133 Å². The van der Waals surface area contributed by atoms with Gasteiger partial charge >= 0.3 is 12.2 Å². The van der Waals surface area contributed by atoms with Crippen molar-refractivity contribution in [3.63, 3.8) is 0 Å². The molecule has 0 radical (unpaired) electrons. The molecule has 0 saturated heterocycles. The molecule has 7 heteroatoms. The van der Waals surface area contributed by atoms with E-state index in [0.717, 1.165) is 31.4 Å². The highest BCUT2D eigenvalue weighted by Crippen LogP contribution is 2.29. The third-order valence-electron chi connectivity index (χ3n) is 4.01. The Morgan fingerprint density at radius 3 is 2.74 bits per heavy atom. The zero-order valence-electron chi connectivity index (χ0n) is 12.7. The van der Waals surface area contributed by atoms with Crippen molar-refractivity contribution in [2.45, 2.75) is 44.5 Å². The lowest BCUT2D eigenvalue weighted by Gasteiger charge is -2.25. The van der Waals surface area contributed by atoms with Crippen molar-refractivity contribution in [1.29, 1.82) is 0 Å². The number of hydrogen-bond donors (Lipinski definition) is 3. The summed E-state index contributed by atoms with van der Waals surface area (Å²) in [6, 6.07) is 4.46. The first-order valence-corrected chi connectivity index (χ1v) is 7.70. The smallest absolute Gasteiger partial charge is 0.393 e. The van der Waals surface area contributed by atoms with E-state index in [-0.39, 0.29) is 18.6 Å². The molecule has 2 atom stereocenters. The zero-order chi connectivity index (χ0) is 16.9. The third kappa shape index (κ3) is 5.74. The van der Waals surface area contributed by atoms with Crippen LogP contribution in [0.2, 0.25) is 0 Å². The summed E-state index contributed by atoms with van der Waals surface area (Å²) in [4.78, 5) is 11.7. The van der Waals surface area contributed by atoms with Crippen LogP contribution in [0.5, 0.6) is 0 Å². The van der Waals surface area contributed by atoms with Gasteiger partial charge in [-0.15, -0.1) is 0 Å². The molecule has 1 aliphatic rings. The van der Waals surface area contributed by atoms with Crippen molar-refractivity contribution in [1.82, 2.24) is 10.6 Å². The van der Waals surface area contributed by atoms with E-state index in [4.69, 9.17) is 0 Å². The van der Waals surface area contributed by atoms with Gasteiger partial charge in [0.1, 0.15) is 0 Å². The SMILES string of the molecule is O=C(NCc1cccc(C(F)(F)F)c1)NCC1CCCC(O)C1. The normalized spacial score (nSPS) is 21.7. The number of benzene rings is 1. The molecule has 0 bridgehead atoms. The van der Waals surface area contributed by atoms with Gasteiger partial charge < -0.3 is 15.7 Å². The monoisotopic (exact) mass is 330 g/mol. The van der Waals surface area contributed by atoms with Gasteiger partial charge in [-0.25, -0.2) is 4.79 Å². The summed E-state index contributed by atoms with van der Waals surface area (Å²) >= 11 is 0. The van der Waals surface area contributed by atoms with Crippen molar-refractivity contribution in [3.8, 4) is 0 Å². The van der Waals surface area contributed by atoms with Crippen LogP contribution in [0.3, 0.4) is 0 Å². The standard InChI is InChI=1S/C16H21F3N2O2/c17-16(18,19)13-5-1-3-11(7-13)9-20-15(23)21-10-12-4-2-6-14(22)8-12/h1,3,5,7,12,14,22H,2,4,6,8-10H2,(H2,20,21,23). The minimum absolute atomic E-state index is 0.0308. The summed E-state index contributed by atoms with van der Waals surface area (Å²) in [5, 5.41) is 14.8. The molecular weight excluding hydrogens is 309 g/mol. The lowest BCUT2D eigenvalue weighted by Crippen LogP contribution is -2.39. The van der Waals surface area contributed by atoms with Crippen molar-refractivity contribution < 1.29 is 23.1 Å². The molecule has 0 aromatic heterocycles. The Kier molecular flexibility index (Phi) is 5.87. The highest BCUT2D eigenvalue weighted by atomic mass is 19.4. The largest absolute Gasteiger partial charge is 0.416 e. The van der Waals surface area contributed by atoms with E-state index < -0.39 is 17.8 Å². The molecule has 0 aliphatic heterocycles. The molecule has 2 rings (SSSR count). The van der Waals surface area contributed by atoms with Crippen LogP contribution in [0.4, 0.5) is 18.0 Å². The summed E-state index contributed by atoms with van der Waals surface area (Å²) in [7, 11) is 0. The lowest BCUT2D eigenvalue weighted by molar-refractivity contribution is -0.137. The quantitative estimate of drug-likeness (QED) is 0.794. The molecule has 128 valence electrons. The Balaban J connectivity index is 1.76. The maximum atomic E-state index is 12.6. The second-order valence-corrected chi connectivity index (χ2v) is 5.95. The van der Waals surface area contributed by atoms with E-state index in [1.165, 1.54) is 12.1 Å². The Bertz CT molecular complexity index is 534. The number of urea groups is 1. The molecule has 4 nitrogen and oxygen atoms in total. The van der Waals surface area contributed by atoms with Gasteiger partial charge in [-0.05, 0) is 42.9 Å². The summed E-state index contributed by atoms with van der Waals surface area (Å²) in [6.07, 6.45) is -1.31. The molecule has 3 N–H and O–H groups in total. The number of carbonyl (C=O) groups excluding carboxylic acids is 1. The molecule has 1 aromatic rings. The number of nitrogens with one attached hydrogen (secondary N) is 2. The molecule has 1 aliphatic carbocycles. The van der Waals surface area contributed by atoms with E-state index in [1.54, 1.807) is 0 Å². The fourth-order valence-corrected chi connectivity index (χ4v) is 2.79. The van der Waals surface area contributed by atoms with E-state index in [9.17, 15) is 23.1 Å². The van der Waals surface area contributed by atoms with Crippen LogP contribution >= 0.6 is 0 Å². The predicted octanol–water partition coefficient (Wildman–Crippen LogP) is 3.06. The van der Waals surface area contributed by atoms with Gasteiger partial charge in [-0.1, -0.05) is 18.6 Å². The molecule has 23 heavy (non-hydrogen) atoms. The van der Waals surface area contributed by atoms with Crippen LogP contribution in [0, 0.1) is 5.92 Å². The van der Waals surface area contributed by atoms with Crippen molar-refractivity contribution in [3.05, 3.63) is 35.4 Å². The summed E-state index contributed by atoms with van der Waals surface area (Å²) in [6.45, 7) is 0.495. The van der Waals surface area contributed by atoms with Crippen LogP contribution in [0.15, 0.2) is 24.3 Å². The highest BCUT2D eigenvalue weighted by Gasteiger charge is 2.30. The first-order chi connectivity index (χ1) is 10.8. The summed E-state index contributed by atoms with van der Waals surface area (Å²) in [5.74, 6) is 0.248. The summed E-state index contributed by atoms with van der Waals surface area (Å²) in [5.41, 5.74) is -0.337. The number of hydrogen-bond acceptors (Lipinski definition) is 2. The van der Waals surface area contributed by atoms with Gasteiger partial charge in [0, 0.05) is 13.1 Å². The van der Waals surface area contributed by atoms with Crippen LogP contribution in [0.25, 0.3) is 0 Å². The third-order valence-corrected chi connectivity index (χ3v) is 4.01. The zero-order valence-corrected chi connectivity index (χ0v) is 12.7. The summed E-state index contributed by atoms with van der Waals surface area (Å²) < 4.78 is 37.8. The van der Waals surface area contributed by atoms with Crippen molar-refractivity contribution in [2.75, 3.05) is 6.54 Å². The van der Waals surface area contributed by atoms with Crippen LogP contribution in [-0.2, 0) is 12.7 Å². The second kappa shape index (κ2) is 7.68. The van der Waals surface area contributed by atoms with E-state index in [2.05, 4.69) is 10.6 Å². The first kappa shape index (κ1) is 17.6. The molecule has 1 fully saturated rings.